The van der Waals surface area contributed by atoms with Gasteiger partial charge in [-0.05, 0) is 55.3 Å². The number of nitrogens with zero attached hydrogens (tertiary/aromatic N) is 2. The van der Waals surface area contributed by atoms with Gasteiger partial charge in [0, 0.05) is 11.1 Å². The monoisotopic (exact) mass is 429 g/mol. The van der Waals surface area contributed by atoms with Crippen LogP contribution in [0, 0.1) is 0 Å². The first-order chi connectivity index (χ1) is 15.1. The molecular weight excluding hydrogens is 406 g/mol. The number of aromatic amines is 1. The van der Waals surface area contributed by atoms with Gasteiger partial charge in [0.05, 0.1) is 5.25 Å². The number of nitrogens with one attached hydrogen (secondary N) is 1. The van der Waals surface area contributed by atoms with Crippen molar-refractivity contribution in [2.75, 3.05) is 0 Å². The number of H-pyrrole nitrogens is 1. The third kappa shape index (κ3) is 5.22. The van der Waals surface area contributed by atoms with Crippen molar-refractivity contribution < 1.29 is 9.53 Å². The van der Waals surface area contributed by atoms with E-state index in [0.29, 0.717) is 22.3 Å². The first-order valence-corrected chi connectivity index (χ1v) is 11.1. The van der Waals surface area contributed by atoms with E-state index in [0.717, 1.165) is 17.7 Å². The summed E-state index contributed by atoms with van der Waals surface area (Å²) in [5.41, 5.74) is 2.88. The molecule has 1 N–H and O–H groups in total. The van der Waals surface area contributed by atoms with Crippen LogP contribution in [0.3, 0.4) is 0 Å². The van der Waals surface area contributed by atoms with Crippen molar-refractivity contribution in [1.29, 1.82) is 0 Å². The van der Waals surface area contributed by atoms with Crippen molar-refractivity contribution in [3.63, 3.8) is 0 Å². The van der Waals surface area contributed by atoms with Gasteiger partial charge in [-0.3, -0.25) is 9.89 Å². The summed E-state index contributed by atoms with van der Waals surface area (Å²) in [5, 5.41) is 7.47. The number of ether oxygens (including phenoxy) is 1. The number of thioether (sulfide) groups is 1. The van der Waals surface area contributed by atoms with E-state index in [2.05, 4.69) is 34.2 Å². The normalized spacial score (nSPS) is 11.8. The Morgan fingerprint density at radius 1 is 0.968 bits per heavy atom. The molecule has 0 bridgehead atoms. The summed E-state index contributed by atoms with van der Waals surface area (Å²) >= 11 is 1.34. The molecule has 0 amide bonds. The van der Waals surface area contributed by atoms with Crippen molar-refractivity contribution in [3.8, 4) is 22.9 Å². The molecule has 31 heavy (non-hydrogen) atoms. The Hall–Kier alpha value is -3.38. The van der Waals surface area contributed by atoms with E-state index in [1.807, 2.05) is 61.5 Å². The van der Waals surface area contributed by atoms with E-state index < -0.39 is 0 Å². The second-order valence-corrected chi connectivity index (χ2v) is 8.39. The van der Waals surface area contributed by atoms with Gasteiger partial charge in [-0.15, -0.1) is 5.10 Å². The SMILES string of the molecule is CCc1ccc(-c2nc(SC(C)C(=O)c3ccc(Oc4ccccc4)cc3)n[nH]2)cc1. The van der Waals surface area contributed by atoms with Crippen LogP contribution in [-0.2, 0) is 6.42 Å². The van der Waals surface area contributed by atoms with E-state index in [1.54, 1.807) is 12.1 Å². The van der Waals surface area contributed by atoms with Crippen LogP contribution in [0.15, 0.2) is 84.0 Å². The smallest absolute Gasteiger partial charge is 0.209 e. The molecule has 5 nitrogen and oxygen atoms in total. The Morgan fingerprint density at radius 2 is 1.65 bits per heavy atom. The molecule has 0 saturated heterocycles. The van der Waals surface area contributed by atoms with Crippen LogP contribution in [0.25, 0.3) is 11.4 Å². The van der Waals surface area contributed by atoms with Crippen molar-refractivity contribution in [3.05, 3.63) is 90.0 Å². The number of aryl methyl sites for hydroxylation is 1. The maximum Gasteiger partial charge on any atom is 0.209 e. The number of rotatable bonds is 8. The highest BCUT2D eigenvalue weighted by atomic mass is 32.2. The highest BCUT2D eigenvalue weighted by Gasteiger charge is 2.19. The molecule has 3 aromatic carbocycles. The first-order valence-electron chi connectivity index (χ1n) is 10.2. The van der Waals surface area contributed by atoms with Crippen LogP contribution in [-0.4, -0.2) is 26.2 Å². The zero-order chi connectivity index (χ0) is 21.6. The average Bonchev–Trinajstić information content (AvgIpc) is 3.28. The van der Waals surface area contributed by atoms with Crippen molar-refractivity contribution >= 4 is 17.5 Å². The number of hydrogen-bond donors (Lipinski definition) is 1. The van der Waals surface area contributed by atoms with Gasteiger partial charge in [-0.2, -0.15) is 0 Å². The molecule has 6 heteroatoms. The molecule has 1 aromatic heterocycles. The molecule has 0 aliphatic heterocycles. The Bertz CT molecular complexity index is 1140. The van der Waals surface area contributed by atoms with E-state index >= 15 is 0 Å². The lowest BCUT2D eigenvalue weighted by Gasteiger charge is -2.09. The molecular formula is C25H23N3O2S. The minimum absolute atomic E-state index is 0.0231. The van der Waals surface area contributed by atoms with E-state index in [-0.39, 0.29) is 11.0 Å². The third-order valence-electron chi connectivity index (χ3n) is 4.87. The summed E-state index contributed by atoms with van der Waals surface area (Å²) < 4.78 is 5.79. The molecule has 0 saturated carbocycles. The summed E-state index contributed by atoms with van der Waals surface area (Å²) in [6.45, 7) is 3.99. The third-order valence-corrected chi connectivity index (χ3v) is 5.83. The molecule has 0 spiro atoms. The number of carbonyl (C=O) groups is 1. The highest BCUT2D eigenvalue weighted by molar-refractivity contribution is 8.00. The van der Waals surface area contributed by atoms with Crippen LogP contribution < -0.4 is 4.74 Å². The minimum Gasteiger partial charge on any atom is -0.457 e. The molecule has 4 rings (SSSR count). The number of hydrogen-bond acceptors (Lipinski definition) is 5. The van der Waals surface area contributed by atoms with Gasteiger partial charge < -0.3 is 4.74 Å². The van der Waals surface area contributed by atoms with Gasteiger partial charge in [0.15, 0.2) is 11.6 Å². The van der Waals surface area contributed by atoms with E-state index in [1.165, 1.54) is 17.3 Å². The summed E-state index contributed by atoms with van der Waals surface area (Å²) in [4.78, 5) is 17.4. The lowest BCUT2D eigenvalue weighted by Crippen LogP contribution is -2.13. The number of benzene rings is 3. The Balaban J connectivity index is 1.38. The molecule has 1 heterocycles. The zero-order valence-corrected chi connectivity index (χ0v) is 18.2. The second kappa shape index (κ2) is 9.62. The predicted molar refractivity (Wildman–Crippen MR) is 124 cm³/mol. The lowest BCUT2D eigenvalue weighted by atomic mass is 10.1. The topological polar surface area (TPSA) is 67.9 Å². The molecule has 4 aromatic rings. The minimum atomic E-state index is -0.313. The fourth-order valence-corrected chi connectivity index (χ4v) is 3.89. The highest BCUT2D eigenvalue weighted by Crippen LogP contribution is 2.27. The van der Waals surface area contributed by atoms with Crippen LogP contribution in [0.4, 0.5) is 0 Å². The zero-order valence-electron chi connectivity index (χ0n) is 17.4. The molecule has 1 atom stereocenters. The van der Waals surface area contributed by atoms with Gasteiger partial charge in [-0.25, -0.2) is 4.98 Å². The van der Waals surface area contributed by atoms with Gasteiger partial charge in [0.1, 0.15) is 11.5 Å². The summed E-state index contributed by atoms with van der Waals surface area (Å²) in [7, 11) is 0. The Kier molecular flexibility index (Phi) is 6.48. The largest absolute Gasteiger partial charge is 0.457 e. The maximum atomic E-state index is 12.8. The van der Waals surface area contributed by atoms with Gasteiger partial charge in [0.2, 0.25) is 5.16 Å². The molecule has 0 radical (unpaired) electrons. The van der Waals surface area contributed by atoms with Crippen molar-refractivity contribution in [2.45, 2.75) is 30.7 Å². The molecule has 1 unspecified atom stereocenters. The number of carbonyl (C=O) groups excluding carboxylic acids is 1. The standard InChI is InChI=1S/C25H23N3O2S/c1-3-18-9-11-20(12-10-18)24-26-25(28-27-24)31-17(2)23(29)19-13-15-22(16-14-19)30-21-7-5-4-6-8-21/h4-17H,3H2,1-2H3,(H,26,27,28). The number of ketones is 1. The number of para-hydroxylation sites is 1. The van der Waals surface area contributed by atoms with Crippen molar-refractivity contribution in [2.24, 2.45) is 0 Å². The number of aromatic nitrogens is 3. The average molecular weight is 430 g/mol. The molecule has 0 fully saturated rings. The van der Waals surface area contributed by atoms with Crippen LogP contribution in [0.5, 0.6) is 11.5 Å². The summed E-state index contributed by atoms with van der Waals surface area (Å²) in [6.07, 6.45) is 0.997. The predicted octanol–water partition coefficient (Wildman–Crippen LogP) is 6.19. The summed E-state index contributed by atoms with van der Waals surface area (Å²) in [6, 6.07) is 25.0. The first kappa shape index (κ1) is 20.9. The lowest BCUT2D eigenvalue weighted by molar-refractivity contribution is 0.0994. The summed E-state index contributed by atoms with van der Waals surface area (Å²) in [5.74, 6) is 2.17. The number of Topliss-reactive ketones (excluding diaryl/α,β-unsaturated/α-hetero) is 1. The van der Waals surface area contributed by atoms with Crippen LogP contribution in [0.1, 0.15) is 29.8 Å². The van der Waals surface area contributed by atoms with Crippen LogP contribution in [0.2, 0.25) is 0 Å². The van der Waals surface area contributed by atoms with Gasteiger partial charge in [0.25, 0.3) is 0 Å². The second-order valence-electron chi connectivity index (χ2n) is 7.08. The van der Waals surface area contributed by atoms with Gasteiger partial charge in [-0.1, -0.05) is 61.2 Å². The Labute approximate surface area is 185 Å². The maximum absolute atomic E-state index is 12.8. The van der Waals surface area contributed by atoms with Crippen molar-refractivity contribution in [1.82, 2.24) is 15.2 Å². The van der Waals surface area contributed by atoms with Crippen LogP contribution >= 0.6 is 11.8 Å². The fourth-order valence-electron chi connectivity index (χ4n) is 3.08. The molecule has 0 aliphatic rings. The quantitative estimate of drug-likeness (QED) is 0.267. The molecule has 156 valence electrons. The van der Waals surface area contributed by atoms with E-state index in [9.17, 15) is 4.79 Å². The van der Waals surface area contributed by atoms with Gasteiger partial charge >= 0.3 is 0 Å². The van der Waals surface area contributed by atoms with E-state index in [4.69, 9.17) is 4.74 Å². The Morgan fingerprint density at radius 3 is 2.32 bits per heavy atom. The fraction of sp³-hybridized carbons (Fsp3) is 0.160. The molecule has 0 aliphatic carbocycles.